The van der Waals surface area contributed by atoms with E-state index < -0.39 is 53.0 Å². The van der Waals surface area contributed by atoms with Crippen molar-refractivity contribution in [2.24, 2.45) is 11.3 Å². The molecule has 1 aromatic rings. The molecule has 2 aliphatic rings. The van der Waals surface area contributed by atoms with Crippen LogP contribution >= 0.6 is 0 Å². The number of benzene rings is 1. The van der Waals surface area contributed by atoms with Crippen LogP contribution in [0.2, 0.25) is 0 Å². The Kier molecular flexibility index (Phi) is 11.0. The summed E-state index contributed by atoms with van der Waals surface area (Å²) in [7, 11) is 0. The van der Waals surface area contributed by atoms with Gasteiger partial charge in [-0.2, -0.15) is 0 Å². The van der Waals surface area contributed by atoms with Crippen LogP contribution in [0, 0.1) is 11.3 Å². The van der Waals surface area contributed by atoms with Gasteiger partial charge in [0.05, 0.1) is 6.04 Å². The molecule has 2 fully saturated rings. The molecule has 41 heavy (non-hydrogen) atoms. The molecular formula is C30H43N5O6. The zero-order chi connectivity index (χ0) is 30.2. The summed E-state index contributed by atoms with van der Waals surface area (Å²) < 4.78 is 0. The topological polar surface area (TPSA) is 163 Å². The van der Waals surface area contributed by atoms with Crippen LogP contribution in [-0.4, -0.2) is 66.0 Å². The number of Topliss-reactive ketones (excluding diaryl/α,β-unsaturated/α-hetero) is 1. The predicted octanol–water partition coefficient (Wildman–Crippen LogP) is 0.904. The number of hydrogen-bond acceptors (Lipinski definition) is 6. The molecule has 4 atom stereocenters. The third-order valence-electron chi connectivity index (χ3n) is 7.25. The summed E-state index contributed by atoms with van der Waals surface area (Å²) in [5, 5.41) is 13.6. The van der Waals surface area contributed by atoms with Gasteiger partial charge in [0.25, 0.3) is 5.91 Å². The Balaban J connectivity index is 1.75. The molecule has 1 saturated heterocycles. The molecule has 3 rings (SSSR count). The first kappa shape index (κ1) is 31.8. The van der Waals surface area contributed by atoms with Crippen LogP contribution < -0.4 is 26.6 Å². The molecule has 1 heterocycles. The van der Waals surface area contributed by atoms with Crippen LogP contribution in [0.3, 0.4) is 0 Å². The minimum atomic E-state index is -1.22. The van der Waals surface area contributed by atoms with Crippen molar-refractivity contribution >= 4 is 35.3 Å². The first-order valence-electron chi connectivity index (χ1n) is 14.5. The molecule has 1 aromatic carbocycles. The van der Waals surface area contributed by atoms with E-state index in [1.54, 1.807) is 20.8 Å². The van der Waals surface area contributed by atoms with E-state index in [9.17, 15) is 28.8 Å². The molecule has 1 aliphatic heterocycles. The van der Waals surface area contributed by atoms with Gasteiger partial charge in [-0.1, -0.05) is 64.4 Å². The number of nitrogens with one attached hydrogen (secondary N) is 5. The SMILES string of the molecule is CCC[C@H](NC(=O)[C@@H](Cc1ccccc1)NC(=O)C(C)(C)C)C(=O)N[C@@H](C[C@@H]1CCNC1=O)C(=O)C(=O)NC1CC1. The lowest BCUT2D eigenvalue weighted by atomic mass is 9.94. The minimum absolute atomic E-state index is 0.0143. The van der Waals surface area contributed by atoms with Crippen LogP contribution in [0.15, 0.2) is 30.3 Å². The van der Waals surface area contributed by atoms with Crippen molar-refractivity contribution in [2.45, 2.75) is 96.8 Å². The van der Waals surface area contributed by atoms with E-state index in [4.69, 9.17) is 0 Å². The fraction of sp³-hybridized carbons (Fsp3) is 0.600. The lowest BCUT2D eigenvalue weighted by molar-refractivity contribution is -0.141. The number of ketones is 1. The maximum absolute atomic E-state index is 13.5. The Labute approximate surface area is 241 Å². The predicted molar refractivity (Wildman–Crippen MR) is 152 cm³/mol. The maximum Gasteiger partial charge on any atom is 0.289 e. The zero-order valence-electron chi connectivity index (χ0n) is 24.4. The molecule has 0 aromatic heterocycles. The molecule has 1 saturated carbocycles. The fourth-order valence-corrected chi connectivity index (χ4v) is 4.56. The summed E-state index contributed by atoms with van der Waals surface area (Å²) in [5.74, 6) is -3.82. The number of rotatable bonds is 14. The van der Waals surface area contributed by atoms with Gasteiger partial charge in [0.15, 0.2) is 0 Å². The summed E-state index contributed by atoms with van der Waals surface area (Å²) in [5.41, 5.74) is 0.0943. The average molecular weight is 570 g/mol. The highest BCUT2D eigenvalue weighted by Crippen LogP contribution is 2.20. The lowest BCUT2D eigenvalue weighted by Gasteiger charge is -2.27. The van der Waals surface area contributed by atoms with Gasteiger partial charge >= 0.3 is 0 Å². The number of amides is 5. The summed E-state index contributed by atoms with van der Waals surface area (Å²) in [6.07, 6.45) is 3.09. The van der Waals surface area contributed by atoms with Crippen LogP contribution in [0.4, 0.5) is 0 Å². The zero-order valence-corrected chi connectivity index (χ0v) is 24.4. The lowest BCUT2D eigenvalue weighted by Crippen LogP contribution is -2.58. The van der Waals surface area contributed by atoms with E-state index >= 15 is 0 Å². The second kappa shape index (κ2) is 14.2. The molecule has 0 radical (unpaired) electrons. The van der Waals surface area contributed by atoms with E-state index in [1.165, 1.54) is 0 Å². The highest BCUT2D eigenvalue weighted by Gasteiger charge is 2.37. The van der Waals surface area contributed by atoms with Gasteiger partial charge in [0, 0.05) is 30.3 Å². The van der Waals surface area contributed by atoms with E-state index in [2.05, 4.69) is 26.6 Å². The van der Waals surface area contributed by atoms with Gasteiger partial charge in [0.2, 0.25) is 29.4 Å². The quantitative estimate of drug-likeness (QED) is 0.209. The Morgan fingerprint density at radius 2 is 1.54 bits per heavy atom. The van der Waals surface area contributed by atoms with Gasteiger partial charge in [-0.25, -0.2) is 0 Å². The first-order valence-corrected chi connectivity index (χ1v) is 14.5. The molecule has 5 amide bonds. The van der Waals surface area contributed by atoms with Crippen molar-refractivity contribution in [1.82, 2.24) is 26.6 Å². The van der Waals surface area contributed by atoms with Crippen molar-refractivity contribution in [3.63, 3.8) is 0 Å². The van der Waals surface area contributed by atoms with Crippen molar-refractivity contribution < 1.29 is 28.8 Å². The molecule has 5 N–H and O–H groups in total. The summed E-state index contributed by atoms with van der Waals surface area (Å²) in [6.45, 7) is 7.55. The van der Waals surface area contributed by atoms with Crippen LogP contribution in [0.5, 0.6) is 0 Å². The Morgan fingerprint density at radius 3 is 2.10 bits per heavy atom. The van der Waals surface area contributed by atoms with Crippen LogP contribution in [0.1, 0.15) is 71.8 Å². The van der Waals surface area contributed by atoms with Crippen molar-refractivity contribution in [2.75, 3.05) is 6.54 Å². The van der Waals surface area contributed by atoms with Gasteiger partial charge in [-0.05, 0) is 37.7 Å². The van der Waals surface area contributed by atoms with Gasteiger partial charge in [-0.3, -0.25) is 28.8 Å². The average Bonchev–Trinajstić information content (AvgIpc) is 3.65. The normalized spacial score (nSPS) is 18.8. The second-order valence-electron chi connectivity index (χ2n) is 12.0. The minimum Gasteiger partial charge on any atom is -0.356 e. The first-order chi connectivity index (χ1) is 19.4. The van der Waals surface area contributed by atoms with E-state index in [0.29, 0.717) is 19.4 Å². The third kappa shape index (κ3) is 9.68. The van der Waals surface area contributed by atoms with Crippen LogP contribution in [-0.2, 0) is 35.2 Å². The number of carbonyl (C=O) groups excluding carboxylic acids is 6. The van der Waals surface area contributed by atoms with Crippen molar-refractivity contribution in [1.29, 1.82) is 0 Å². The highest BCUT2D eigenvalue weighted by atomic mass is 16.2. The molecule has 11 nitrogen and oxygen atoms in total. The van der Waals surface area contributed by atoms with Crippen molar-refractivity contribution in [3.05, 3.63) is 35.9 Å². The molecule has 0 unspecified atom stereocenters. The fourth-order valence-electron chi connectivity index (χ4n) is 4.56. The molecule has 11 heteroatoms. The molecule has 0 spiro atoms. The number of hydrogen-bond donors (Lipinski definition) is 5. The molecule has 0 bridgehead atoms. The second-order valence-corrected chi connectivity index (χ2v) is 12.0. The van der Waals surface area contributed by atoms with Crippen molar-refractivity contribution in [3.8, 4) is 0 Å². The maximum atomic E-state index is 13.5. The van der Waals surface area contributed by atoms with Crippen LogP contribution in [0.25, 0.3) is 0 Å². The van der Waals surface area contributed by atoms with Gasteiger partial charge < -0.3 is 26.6 Å². The Hall–Kier alpha value is -3.76. The van der Waals surface area contributed by atoms with E-state index in [1.807, 2.05) is 37.3 Å². The van der Waals surface area contributed by atoms with Gasteiger partial charge in [-0.15, -0.1) is 0 Å². The third-order valence-corrected chi connectivity index (χ3v) is 7.25. The molecule has 1 aliphatic carbocycles. The monoisotopic (exact) mass is 569 g/mol. The summed E-state index contributed by atoms with van der Waals surface area (Å²) in [6, 6.07) is 6.00. The summed E-state index contributed by atoms with van der Waals surface area (Å²) >= 11 is 0. The Bertz CT molecular complexity index is 1130. The largest absolute Gasteiger partial charge is 0.356 e. The Morgan fingerprint density at radius 1 is 0.902 bits per heavy atom. The van der Waals surface area contributed by atoms with Gasteiger partial charge in [0.1, 0.15) is 12.1 Å². The molecular weight excluding hydrogens is 526 g/mol. The van der Waals surface area contributed by atoms with E-state index in [-0.39, 0.29) is 37.1 Å². The summed E-state index contributed by atoms with van der Waals surface area (Å²) in [4.78, 5) is 77.6. The highest BCUT2D eigenvalue weighted by molar-refractivity contribution is 6.38. The smallest absolute Gasteiger partial charge is 0.289 e. The standard InChI is InChI=1S/C30H43N5O6/c1-5-9-21(33-27(39)23(35-29(41)30(2,3)4)16-18-10-7-6-8-11-18)26(38)34-22(17-19-14-15-31-25(19)37)24(36)28(40)32-20-12-13-20/h6-8,10-11,19-23H,5,9,12-17H2,1-4H3,(H,31,37)(H,32,40)(H,33,39)(H,34,38)(H,35,41)/t19-,21-,22-,23+/m0/s1. The van der Waals surface area contributed by atoms with E-state index in [0.717, 1.165) is 18.4 Å². The molecule has 224 valence electrons. The number of carbonyl (C=O) groups is 6.